The number of hydrogen-bond acceptors (Lipinski definition) is 5. The van der Waals surface area contributed by atoms with Crippen molar-refractivity contribution >= 4 is 48.3 Å². The summed E-state index contributed by atoms with van der Waals surface area (Å²) in [6.07, 6.45) is 1.13. The van der Waals surface area contributed by atoms with Crippen LogP contribution in [0.4, 0.5) is 5.13 Å². The molecular weight excluding hydrogens is 294 g/mol. The van der Waals surface area contributed by atoms with Gasteiger partial charge in [0.05, 0.1) is 16.5 Å². The van der Waals surface area contributed by atoms with E-state index in [2.05, 4.69) is 15.0 Å². The van der Waals surface area contributed by atoms with E-state index >= 15 is 0 Å². The molecule has 5 nitrogen and oxygen atoms in total. The number of fused-ring (bicyclic) bond motifs is 1. The van der Waals surface area contributed by atoms with Gasteiger partial charge in [-0.1, -0.05) is 22.9 Å². The summed E-state index contributed by atoms with van der Waals surface area (Å²) in [4.78, 5) is 4.36. The van der Waals surface area contributed by atoms with E-state index in [9.17, 15) is 8.42 Å². The molecule has 0 fully saturated rings. The Morgan fingerprint density at radius 2 is 2.17 bits per heavy atom. The van der Waals surface area contributed by atoms with Crippen LogP contribution in [0.15, 0.2) is 18.2 Å². The van der Waals surface area contributed by atoms with E-state index in [1.807, 2.05) is 12.1 Å². The molecule has 98 valence electrons. The Kier molecular flexibility index (Phi) is 4.06. The van der Waals surface area contributed by atoms with Crippen LogP contribution in [0.25, 0.3) is 10.2 Å². The number of halogens is 1. The van der Waals surface area contributed by atoms with E-state index < -0.39 is 10.0 Å². The molecule has 0 saturated heterocycles. The van der Waals surface area contributed by atoms with Gasteiger partial charge in [-0.25, -0.2) is 18.1 Å². The summed E-state index contributed by atoms with van der Waals surface area (Å²) in [7, 11) is -3.13. The molecule has 0 spiro atoms. The Bertz CT molecular complexity index is 654. The predicted molar refractivity (Wildman–Crippen MR) is 76.0 cm³/mol. The number of sulfonamides is 1. The van der Waals surface area contributed by atoms with Crippen molar-refractivity contribution in [2.45, 2.75) is 0 Å². The molecule has 1 aromatic carbocycles. The lowest BCUT2D eigenvalue weighted by Crippen LogP contribution is -2.27. The van der Waals surface area contributed by atoms with E-state index in [-0.39, 0.29) is 0 Å². The predicted octanol–water partition coefficient (Wildman–Crippen LogP) is 1.91. The lowest BCUT2D eigenvalue weighted by atomic mass is 10.3. The SMILES string of the molecule is CS(=O)(=O)NCCNc1nc2ccc(Cl)cc2s1. The Balaban J connectivity index is 1.96. The van der Waals surface area contributed by atoms with Crippen LogP contribution in [-0.4, -0.2) is 32.7 Å². The normalized spacial score (nSPS) is 11.9. The lowest BCUT2D eigenvalue weighted by molar-refractivity contribution is 0.589. The number of nitrogens with one attached hydrogen (secondary N) is 2. The second kappa shape index (κ2) is 5.40. The second-order valence-electron chi connectivity index (χ2n) is 3.72. The van der Waals surface area contributed by atoms with E-state index in [0.29, 0.717) is 18.1 Å². The molecular formula is C10H12ClN3O2S2. The first-order valence-electron chi connectivity index (χ1n) is 5.19. The fraction of sp³-hybridized carbons (Fsp3) is 0.300. The number of nitrogens with zero attached hydrogens (tertiary/aromatic N) is 1. The molecule has 0 aliphatic rings. The Morgan fingerprint density at radius 1 is 1.39 bits per heavy atom. The Labute approximate surface area is 114 Å². The lowest BCUT2D eigenvalue weighted by Gasteiger charge is -2.02. The van der Waals surface area contributed by atoms with Gasteiger partial charge in [-0.3, -0.25) is 0 Å². The standard InChI is InChI=1S/C10H12ClN3O2S2/c1-18(15,16)13-5-4-12-10-14-8-3-2-7(11)6-9(8)17-10/h2-3,6,13H,4-5H2,1H3,(H,12,14). The monoisotopic (exact) mass is 305 g/mol. The molecule has 0 aliphatic heterocycles. The number of benzene rings is 1. The third kappa shape index (κ3) is 3.81. The van der Waals surface area contributed by atoms with Crippen molar-refractivity contribution in [1.29, 1.82) is 0 Å². The van der Waals surface area contributed by atoms with Crippen LogP contribution < -0.4 is 10.0 Å². The smallest absolute Gasteiger partial charge is 0.208 e. The fourth-order valence-electron chi connectivity index (χ4n) is 1.38. The number of hydrogen-bond donors (Lipinski definition) is 2. The zero-order valence-electron chi connectivity index (χ0n) is 9.60. The van der Waals surface area contributed by atoms with Crippen molar-refractivity contribution in [3.63, 3.8) is 0 Å². The van der Waals surface area contributed by atoms with Gasteiger partial charge in [-0.05, 0) is 18.2 Å². The summed E-state index contributed by atoms with van der Waals surface area (Å²) < 4.78 is 25.1. The van der Waals surface area contributed by atoms with Gasteiger partial charge < -0.3 is 5.32 Å². The third-order valence-corrected chi connectivity index (χ3v) is 4.06. The van der Waals surface area contributed by atoms with Gasteiger partial charge in [0.25, 0.3) is 0 Å². The summed E-state index contributed by atoms with van der Waals surface area (Å²) in [6, 6.07) is 5.50. The molecule has 0 bridgehead atoms. The summed E-state index contributed by atoms with van der Waals surface area (Å²) in [5.41, 5.74) is 0.878. The van der Waals surface area contributed by atoms with Gasteiger partial charge in [0, 0.05) is 18.1 Å². The minimum absolute atomic E-state index is 0.329. The molecule has 1 aromatic heterocycles. The zero-order chi connectivity index (χ0) is 13.2. The quantitative estimate of drug-likeness (QED) is 0.828. The molecule has 0 aliphatic carbocycles. The highest BCUT2D eigenvalue weighted by atomic mass is 35.5. The summed E-state index contributed by atoms with van der Waals surface area (Å²) in [5, 5.41) is 4.49. The van der Waals surface area contributed by atoms with Crippen molar-refractivity contribution in [2.24, 2.45) is 0 Å². The first-order chi connectivity index (χ1) is 8.44. The highest BCUT2D eigenvalue weighted by Crippen LogP contribution is 2.27. The molecule has 0 unspecified atom stereocenters. The van der Waals surface area contributed by atoms with Crippen molar-refractivity contribution in [1.82, 2.24) is 9.71 Å². The van der Waals surface area contributed by atoms with Crippen LogP contribution in [0.5, 0.6) is 0 Å². The number of anilines is 1. The molecule has 0 radical (unpaired) electrons. The first-order valence-corrected chi connectivity index (χ1v) is 8.27. The van der Waals surface area contributed by atoms with E-state index in [1.54, 1.807) is 6.07 Å². The van der Waals surface area contributed by atoms with Crippen LogP contribution in [0.1, 0.15) is 0 Å². The molecule has 2 N–H and O–H groups in total. The van der Waals surface area contributed by atoms with Gasteiger partial charge in [0.15, 0.2) is 5.13 Å². The number of aromatic nitrogens is 1. The third-order valence-electron chi connectivity index (χ3n) is 2.12. The van der Waals surface area contributed by atoms with Crippen molar-refractivity contribution in [3.8, 4) is 0 Å². The van der Waals surface area contributed by atoms with E-state index in [1.165, 1.54) is 11.3 Å². The van der Waals surface area contributed by atoms with Crippen LogP contribution >= 0.6 is 22.9 Å². The van der Waals surface area contributed by atoms with Crippen LogP contribution in [0, 0.1) is 0 Å². The van der Waals surface area contributed by atoms with Gasteiger partial charge in [0.2, 0.25) is 10.0 Å². The summed E-state index contributed by atoms with van der Waals surface area (Å²) >= 11 is 7.37. The zero-order valence-corrected chi connectivity index (χ0v) is 12.0. The van der Waals surface area contributed by atoms with Gasteiger partial charge in [-0.15, -0.1) is 0 Å². The van der Waals surface area contributed by atoms with E-state index in [0.717, 1.165) is 21.6 Å². The number of thiazole rings is 1. The minimum atomic E-state index is -3.13. The molecule has 0 saturated carbocycles. The molecule has 8 heteroatoms. The topological polar surface area (TPSA) is 71.1 Å². The average Bonchev–Trinajstić information content (AvgIpc) is 2.65. The maximum atomic E-state index is 10.9. The van der Waals surface area contributed by atoms with Gasteiger partial charge >= 0.3 is 0 Å². The highest BCUT2D eigenvalue weighted by Gasteiger charge is 2.04. The molecule has 2 aromatic rings. The molecule has 18 heavy (non-hydrogen) atoms. The van der Waals surface area contributed by atoms with Crippen molar-refractivity contribution in [3.05, 3.63) is 23.2 Å². The van der Waals surface area contributed by atoms with Crippen molar-refractivity contribution in [2.75, 3.05) is 24.7 Å². The summed E-state index contributed by atoms with van der Waals surface area (Å²) in [5.74, 6) is 0. The Hall–Kier alpha value is -0.890. The van der Waals surface area contributed by atoms with Gasteiger partial charge in [0.1, 0.15) is 0 Å². The Morgan fingerprint density at radius 3 is 2.89 bits per heavy atom. The molecule has 0 atom stereocenters. The van der Waals surface area contributed by atoms with Gasteiger partial charge in [-0.2, -0.15) is 0 Å². The van der Waals surface area contributed by atoms with E-state index in [4.69, 9.17) is 11.6 Å². The van der Waals surface area contributed by atoms with Crippen LogP contribution in [-0.2, 0) is 10.0 Å². The average molecular weight is 306 g/mol. The number of rotatable bonds is 5. The highest BCUT2D eigenvalue weighted by molar-refractivity contribution is 7.88. The largest absolute Gasteiger partial charge is 0.360 e. The van der Waals surface area contributed by atoms with Crippen LogP contribution in [0.3, 0.4) is 0 Å². The maximum absolute atomic E-state index is 10.9. The minimum Gasteiger partial charge on any atom is -0.360 e. The van der Waals surface area contributed by atoms with Crippen LogP contribution in [0.2, 0.25) is 5.02 Å². The van der Waals surface area contributed by atoms with Crippen molar-refractivity contribution < 1.29 is 8.42 Å². The molecule has 0 amide bonds. The maximum Gasteiger partial charge on any atom is 0.208 e. The molecule has 1 heterocycles. The second-order valence-corrected chi connectivity index (χ2v) is 7.02. The summed E-state index contributed by atoms with van der Waals surface area (Å²) in [6.45, 7) is 0.816. The fourth-order valence-corrected chi connectivity index (χ4v) is 3.02. The first kappa shape index (κ1) is 13.5. The molecule has 2 rings (SSSR count).